The zero-order chi connectivity index (χ0) is 22.0. The molecular weight excluding hydrogens is 436 g/mol. The van der Waals surface area contributed by atoms with Crippen molar-refractivity contribution in [1.29, 1.82) is 0 Å². The van der Waals surface area contributed by atoms with Gasteiger partial charge in [-0.3, -0.25) is 9.78 Å². The first-order chi connectivity index (χ1) is 14.9. The molecule has 1 aliphatic heterocycles. The van der Waals surface area contributed by atoms with Gasteiger partial charge in [-0.25, -0.2) is 8.42 Å². The quantitative estimate of drug-likeness (QED) is 0.524. The van der Waals surface area contributed by atoms with Gasteiger partial charge in [0, 0.05) is 29.7 Å². The van der Waals surface area contributed by atoms with Crippen LogP contribution in [0.1, 0.15) is 19.8 Å². The van der Waals surface area contributed by atoms with Crippen molar-refractivity contribution in [3.8, 4) is 0 Å². The number of sulfone groups is 1. The molecule has 1 aliphatic rings. The van der Waals surface area contributed by atoms with Gasteiger partial charge in [0.2, 0.25) is 9.84 Å². The van der Waals surface area contributed by atoms with Crippen molar-refractivity contribution in [2.45, 2.75) is 29.6 Å². The molecule has 1 aromatic heterocycles. The number of nitrogens with zero attached hydrogens (tertiary/aromatic N) is 2. The molecule has 2 heterocycles. The Morgan fingerprint density at radius 3 is 2.55 bits per heavy atom. The molecule has 1 fully saturated rings. The monoisotopic (exact) mass is 458 g/mol. The summed E-state index contributed by atoms with van der Waals surface area (Å²) in [6.45, 7) is 3.21. The van der Waals surface area contributed by atoms with Gasteiger partial charge in [0.25, 0.3) is 0 Å². The number of fused-ring (bicyclic) bond motifs is 1. The molecule has 1 saturated heterocycles. The van der Waals surface area contributed by atoms with Crippen LogP contribution >= 0.6 is 11.6 Å². The Morgan fingerprint density at radius 2 is 1.87 bits per heavy atom. The summed E-state index contributed by atoms with van der Waals surface area (Å²) in [5.74, 6) is -0.371. The summed E-state index contributed by atoms with van der Waals surface area (Å²) < 4.78 is 32.2. The molecule has 162 valence electrons. The zero-order valence-electron chi connectivity index (χ0n) is 17.1. The van der Waals surface area contributed by atoms with Crippen LogP contribution in [-0.4, -0.2) is 39.1 Å². The van der Waals surface area contributed by atoms with Crippen molar-refractivity contribution in [3.05, 3.63) is 59.8 Å². The highest BCUT2D eigenvalue weighted by atomic mass is 35.5. The minimum Gasteiger partial charge on any atom is -0.466 e. The highest BCUT2D eigenvalue weighted by Crippen LogP contribution is 2.38. The number of pyridine rings is 1. The SMILES string of the molecule is CCOC(=O)C1CCN(c2c(S(=O)(=O)c3ccccc3)cnc3ccc(Cl)cc23)CC1. The third-order valence-corrected chi connectivity index (χ3v) is 7.55. The maximum absolute atomic E-state index is 13.5. The van der Waals surface area contributed by atoms with Crippen LogP contribution < -0.4 is 4.90 Å². The van der Waals surface area contributed by atoms with Crippen LogP contribution in [0.25, 0.3) is 10.9 Å². The first kappa shape index (κ1) is 21.6. The fourth-order valence-electron chi connectivity index (χ4n) is 3.98. The first-order valence-electron chi connectivity index (χ1n) is 10.2. The van der Waals surface area contributed by atoms with E-state index in [1.54, 1.807) is 55.5 Å². The van der Waals surface area contributed by atoms with Crippen molar-refractivity contribution >= 4 is 44.0 Å². The average molecular weight is 459 g/mol. The van der Waals surface area contributed by atoms with Crippen LogP contribution in [0.3, 0.4) is 0 Å². The number of anilines is 1. The number of ether oxygens (including phenoxy) is 1. The van der Waals surface area contributed by atoms with Gasteiger partial charge in [0.15, 0.2) is 0 Å². The molecule has 0 N–H and O–H groups in total. The summed E-state index contributed by atoms with van der Waals surface area (Å²) in [5, 5.41) is 1.19. The van der Waals surface area contributed by atoms with Crippen molar-refractivity contribution < 1.29 is 17.9 Å². The largest absolute Gasteiger partial charge is 0.466 e. The number of halogens is 1. The first-order valence-corrected chi connectivity index (χ1v) is 12.1. The van der Waals surface area contributed by atoms with Gasteiger partial charge in [0.1, 0.15) is 4.90 Å². The fraction of sp³-hybridized carbons (Fsp3) is 0.304. The Labute approximate surface area is 186 Å². The number of aromatic nitrogens is 1. The zero-order valence-corrected chi connectivity index (χ0v) is 18.7. The van der Waals surface area contributed by atoms with E-state index in [0.717, 1.165) is 0 Å². The molecule has 0 bridgehead atoms. The molecule has 8 heteroatoms. The van der Waals surface area contributed by atoms with Crippen LogP contribution in [0.4, 0.5) is 5.69 Å². The summed E-state index contributed by atoms with van der Waals surface area (Å²) in [5.41, 5.74) is 1.25. The lowest BCUT2D eigenvalue weighted by molar-refractivity contribution is -0.148. The average Bonchev–Trinajstić information content (AvgIpc) is 2.79. The minimum atomic E-state index is -3.80. The van der Waals surface area contributed by atoms with Crippen LogP contribution in [0.15, 0.2) is 64.5 Å². The normalized spacial score (nSPS) is 15.2. The second-order valence-electron chi connectivity index (χ2n) is 7.46. The Bertz CT molecular complexity index is 1210. The van der Waals surface area contributed by atoms with E-state index < -0.39 is 9.84 Å². The lowest BCUT2D eigenvalue weighted by Gasteiger charge is -2.34. The molecular formula is C23H23ClN2O4S. The van der Waals surface area contributed by atoms with Gasteiger partial charge in [-0.2, -0.15) is 0 Å². The van der Waals surface area contributed by atoms with Gasteiger partial charge in [-0.05, 0) is 50.1 Å². The second-order valence-corrected chi connectivity index (χ2v) is 9.82. The summed E-state index contributed by atoms with van der Waals surface area (Å²) in [6.07, 6.45) is 2.60. The molecule has 0 aliphatic carbocycles. The van der Waals surface area contributed by atoms with Gasteiger partial charge in [-0.1, -0.05) is 29.8 Å². The van der Waals surface area contributed by atoms with Crippen molar-refractivity contribution in [2.24, 2.45) is 5.92 Å². The second kappa shape index (κ2) is 8.85. The number of carbonyl (C=O) groups excluding carboxylic acids is 1. The molecule has 2 aromatic carbocycles. The molecule has 0 spiro atoms. The van der Waals surface area contributed by atoms with E-state index in [9.17, 15) is 13.2 Å². The number of piperidine rings is 1. The van der Waals surface area contributed by atoms with Crippen molar-refractivity contribution in [1.82, 2.24) is 4.98 Å². The summed E-state index contributed by atoms with van der Waals surface area (Å²) in [6, 6.07) is 13.6. The number of hydrogen-bond acceptors (Lipinski definition) is 6. The van der Waals surface area contributed by atoms with Gasteiger partial charge < -0.3 is 9.64 Å². The molecule has 0 saturated carbocycles. The number of benzene rings is 2. The standard InChI is InChI=1S/C23H23ClN2O4S/c1-2-30-23(27)16-10-12-26(13-11-16)22-19-14-17(24)8-9-20(19)25-15-21(22)31(28,29)18-6-4-3-5-7-18/h3-9,14-16H,2,10-13H2,1H3. The molecule has 0 amide bonds. The number of carbonyl (C=O) groups is 1. The molecule has 0 atom stereocenters. The van der Waals surface area contributed by atoms with E-state index in [1.807, 2.05) is 4.90 Å². The van der Waals surface area contributed by atoms with E-state index >= 15 is 0 Å². The maximum atomic E-state index is 13.5. The maximum Gasteiger partial charge on any atom is 0.309 e. The lowest BCUT2D eigenvalue weighted by atomic mass is 9.96. The van der Waals surface area contributed by atoms with E-state index in [4.69, 9.17) is 16.3 Å². The molecule has 4 rings (SSSR count). The minimum absolute atomic E-state index is 0.142. The van der Waals surface area contributed by atoms with Gasteiger partial charge in [0.05, 0.1) is 28.6 Å². The van der Waals surface area contributed by atoms with Gasteiger partial charge >= 0.3 is 5.97 Å². The van der Waals surface area contributed by atoms with Crippen LogP contribution in [-0.2, 0) is 19.4 Å². The van der Waals surface area contributed by atoms with E-state index in [0.29, 0.717) is 54.2 Å². The number of rotatable bonds is 5. The highest BCUT2D eigenvalue weighted by molar-refractivity contribution is 7.91. The summed E-state index contributed by atoms with van der Waals surface area (Å²) >= 11 is 6.26. The fourth-order valence-corrected chi connectivity index (χ4v) is 5.61. The number of esters is 1. The Hall–Kier alpha value is -2.64. The van der Waals surface area contributed by atoms with Crippen LogP contribution in [0.2, 0.25) is 5.02 Å². The Morgan fingerprint density at radius 1 is 1.16 bits per heavy atom. The number of hydrogen-bond donors (Lipinski definition) is 0. The van der Waals surface area contributed by atoms with Crippen LogP contribution in [0.5, 0.6) is 0 Å². The van der Waals surface area contributed by atoms with E-state index in [1.165, 1.54) is 6.20 Å². The molecule has 6 nitrogen and oxygen atoms in total. The van der Waals surface area contributed by atoms with Crippen molar-refractivity contribution in [3.63, 3.8) is 0 Å². The van der Waals surface area contributed by atoms with Crippen molar-refractivity contribution in [2.75, 3.05) is 24.6 Å². The lowest BCUT2D eigenvalue weighted by Crippen LogP contribution is -2.37. The van der Waals surface area contributed by atoms with E-state index in [-0.39, 0.29) is 21.7 Å². The molecule has 0 unspecified atom stereocenters. The topological polar surface area (TPSA) is 76.6 Å². The van der Waals surface area contributed by atoms with E-state index in [2.05, 4.69) is 4.98 Å². The van der Waals surface area contributed by atoms with Gasteiger partial charge in [-0.15, -0.1) is 0 Å². The molecule has 31 heavy (non-hydrogen) atoms. The predicted octanol–water partition coefficient (Wildman–Crippen LogP) is 4.50. The Balaban J connectivity index is 1.81. The summed E-state index contributed by atoms with van der Waals surface area (Å²) in [4.78, 5) is 18.9. The predicted molar refractivity (Wildman–Crippen MR) is 120 cm³/mol. The smallest absolute Gasteiger partial charge is 0.309 e. The van der Waals surface area contributed by atoms with Crippen LogP contribution in [0, 0.1) is 5.92 Å². The molecule has 3 aromatic rings. The Kier molecular flexibility index (Phi) is 6.16. The highest BCUT2D eigenvalue weighted by Gasteiger charge is 2.31. The third-order valence-electron chi connectivity index (χ3n) is 5.54. The third kappa shape index (κ3) is 4.25. The molecule has 0 radical (unpaired) electrons. The summed E-state index contributed by atoms with van der Waals surface area (Å²) in [7, 11) is -3.80.